The quantitative estimate of drug-likeness (QED) is 0.742. The highest BCUT2D eigenvalue weighted by Crippen LogP contribution is 2.35. The summed E-state index contributed by atoms with van der Waals surface area (Å²) < 4.78 is 5.57. The largest absolute Gasteiger partial charge is 0.438 e. The molecule has 0 spiro atoms. The molecule has 100 valence electrons. The van der Waals surface area contributed by atoms with Crippen LogP contribution < -0.4 is 0 Å². The highest BCUT2D eigenvalue weighted by atomic mass is 16.6. The predicted molar refractivity (Wildman–Crippen MR) is 75.2 cm³/mol. The molecule has 0 fully saturated rings. The van der Waals surface area contributed by atoms with Crippen LogP contribution in [0.15, 0.2) is 48.5 Å². The summed E-state index contributed by atoms with van der Waals surface area (Å²) in [6.45, 7) is 1.76. The fourth-order valence-corrected chi connectivity index (χ4v) is 3.12. The van der Waals surface area contributed by atoms with Crippen molar-refractivity contribution < 1.29 is 9.53 Å². The number of fused-ring (bicyclic) bond motifs is 2. The topological polar surface area (TPSA) is 29.5 Å². The number of benzene rings is 2. The molecule has 2 heterocycles. The second-order valence-corrected chi connectivity index (χ2v) is 5.33. The number of carbonyl (C=O) groups excluding carboxylic acids is 1. The molecular weight excluding hydrogens is 250 g/mol. The molecule has 0 amide bonds. The number of carbonyl (C=O) groups is 1. The van der Waals surface area contributed by atoms with Gasteiger partial charge in [-0.1, -0.05) is 42.5 Å². The van der Waals surface area contributed by atoms with E-state index in [4.69, 9.17) is 4.74 Å². The molecule has 1 atom stereocenters. The van der Waals surface area contributed by atoms with Gasteiger partial charge >= 0.3 is 5.97 Å². The number of esters is 1. The van der Waals surface area contributed by atoms with Gasteiger partial charge in [0.15, 0.2) is 6.23 Å². The Balaban J connectivity index is 1.66. The average Bonchev–Trinajstić information content (AvgIpc) is 2.85. The fourth-order valence-electron chi connectivity index (χ4n) is 3.12. The van der Waals surface area contributed by atoms with Crippen molar-refractivity contribution in [3.63, 3.8) is 0 Å². The number of ether oxygens (including phenoxy) is 1. The van der Waals surface area contributed by atoms with Crippen LogP contribution in [0.2, 0.25) is 0 Å². The molecule has 2 aromatic rings. The zero-order valence-electron chi connectivity index (χ0n) is 11.1. The van der Waals surface area contributed by atoms with Gasteiger partial charge in [0.2, 0.25) is 0 Å². The molecule has 0 unspecified atom stereocenters. The maximum absolute atomic E-state index is 11.9. The Kier molecular flexibility index (Phi) is 2.60. The minimum atomic E-state index is -0.230. The molecule has 2 aliphatic rings. The van der Waals surface area contributed by atoms with E-state index in [1.165, 1.54) is 11.1 Å². The first-order valence-electron chi connectivity index (χ1n) is 6.94. The summed E-state index contributed by atoms with van der Waals surface area (Å²) in [5.74, 6) is -0.204. The molecule has 2 aliphatic heterocycles. The summed E-state index contributed by atoms with van der Waals surface area (Å²) in [5.41, 5.74) is 4.44. The van der Waals surface area contributed by atoms with Crippen molar-refractivity contribution in [2.75, 3.05) is 6.54 Å². The highest BCUT2D eigenvalue weighted by molar-refractivity contribution is 5.93. The van der Waals surface area contributed by atoms with Crippen molar-refractivity contribution in [1.29, 1.82) is 0 Å². The Bertz CT molecular complexity index is 680. The maximum Gasteiger partial charge on any atom is 0.340 e. The summed E-state index contributed by atoms with van der Waals surface area (Å²) in [6.07, 6.45) is 0.777. The summed E-state index contributed by atoms with van der Waals surface area (Å²) >= 11 is 0. The molecule has 0 saturated heterocycles. The number of cyclic esters (lactones) is 1. The Morgan fingerprint density at radius 3 is 2.65 bits per heavy atom. The van der Waals surface area contributed by atoms with E-state index in [-0.39, 0.29) is 12.2 Å². The average molecular weight is 265 g/mol. The van der Waals surface area contributed by atoms with Gasteiger partial charge in [0, 0.05) is 18.7 Å². The third kappa shape index (κ3) is 1.74. The van der Waals surface area contributed by atoms with Gasteiger partial charge in [0.25, 0.3) is 0 Å². The molecule has 0 aromatic heterocycles. The number of hydrogen-bond acceptors (Lipinski definition) is 3. The molecule has 3 heteroatoms. The molecule has 4 rings (SSSR count). The number of rotatable bonds is 1. The smallest absolute Gasteiger partial charge is 0.340 e. The number of nitrogens with zero attached hydrogens (tertiary/aromatic N) is 1. The Hall–Kier alpha value is -2.13. The molecule has 3 nitrogen and oxygen atoms in total. The van der Waals surface area contributed by atoms with Crippen LogP contribution in [0.25, 0.3) is 0 Å². The molecule has 2 aromatic carbocycles. The minimum Gasteiger partial charge on any atom is -0.438 e. The first-order chi connectivity index (χ1) is 9.83. The van der Waals surface area contributed by atoms with Crippen molar-refractivity contribution in [1.82, 2.24) is 4.90 Å². The fraction of sp³-hybridized carbons (Fsp3) is 0.235. The second kappa shape index (κ2) is 4.46. The first kappa shape index (κ1) is 11.7. The summed E-state index contributed by atoms with van der Waals surface area (Å²) in [6, 6.07) is 16.2. The van der Waals surface area contributed by atoms with Gasteiger partial charge in [-0.25, -0.2) is 4.79 Å². The van der Waals surface area contributed by atoms with Crippen LogP contribution in [0.5, 0.6) is 0 Å². The van der Waals surface area contributed by atoms with Gasteiger partial charge in [-0.3, -0.25) is 4.90 Å². The van der Waals surface area contributed by atoms with Gasteiger partial charge in [0.1, 0.15) is 0 Å². The third-order valence-electron chi connectivity index (χ3n) is 4.16. The zero-order valence-corrected chi connectivity index (χ0v) is 11.1. The van der Waals surface area contributed by atoms with Crippen LogP contribution in [-0.4, -0.2) is 17.4 Å². The lowest BCUT2D eigenvalue weighted by atomic mass is 9.98. The van der Waals surface area contributed by atoms with Gasteiger partial charge in [0.05, 0.1) is 5.56 Å². The van der Waals surface area contributed by atoms with Gasteiger partial charge in [-0.05, 0) is 23.6 Å². The molecule has 0 saturated carbocycles. The maximum atomic E-state index is 11.9. The van der Waals surface area contributed by atoms with Crippen LogP contribution in [0.4, 0.5) is 0 Å². The van der Waals surface area contributed by atoms with Crippen molar-refractivity contribution in [2.45, 2.75) is 19.2 Å². The van der Waals surface area contributed by atoms with Crippen LogP contribution in [0, 0.1) is 0 Å². The first-order valence-corrected chi connectivity index (χ1v) is 6.94. The highest BCUT2D eigenvalue weighted by Gasteiger charge is 2.35. The molecular formula is C17H15NO2. The zero-order chi connectivity index (χ0) is 13.5. The lowest BCUT2D eigenvalue weighted by Crippen LogP contribution is -2.34. The van der Waals surface area contributed by atoms with Crippen LogP contribution in [-0.2, 0) is 17.7 Å². The van der Waals surface area contributed by atoms with E-state index in [1.54, 1.807) is 0 Å². The standard InChI is InChI=1S/C17H15NO2/c19-17-15-8-4-3-7-14(15)16(20-17)18-10-9-12-5-1-2-6-13(12)11-18/h1-8,16H,9-11H2/t16-/m0/s1. The SMILES string of the molecule is O=C1O[C@H](N2CCc3ccccc3C2)c2ccccc21. The Morgan fingerprint density at radius 2 is 1.75 bits per heavy atom. The number of hydrogen-bond donors (Lipinski definition) is 0. The van der Waals surface area contributed by atoms with E-state index in [2.05, 4.69) is 29.2 Å². The Labute approximate surface area is 117 Å². The van der Waals surface area contributed by atoms with Crippen LogP contribution in [0.3, 0.4) is 0 Å². The van der Waals surface area contributed by atoms with E-state index >= 15 is 0 Å². The molecule has 20 heavy (non-hydrogen) atoms. The summed E-state index contributed by atoms with van der Waals surface area (Å²) in [7, 11) is 0. The monoisotopic (exact) mass is 265 g/mol. The van der Waals surface area contributed by atoms with Crippen LogP contribution in [0.1, 0.15) is 33.3 Å². The minimum absolute atomic E-state index is 0.204. The van der Waals surface area contributed by atoms with E-state index in [1.807, 2.05) is 24.3 Å². The van der Waals surface area contributed by atoms with E-state index in [0.29, 0.717) is 5.56 Å². The summed E-state index contributed by atoms with van der Waals surface area (Å²) in [4.78, 5) is 14.2. The van der Waals surface area contributed by atoms with Gasteiger partial charge in [-0.15, -0.1) is 0 Å². The van der Waals surface area contributed by atoms with E-state index < -0.39 is 0 Å². The van der Waals surface area contributed by atoms with Gasteiger partial charge < -0.3 is 4.74 Å². The van der Waals surface area contributed by atoms with Gasteiger partial charge in [-0.2, -0.15) is 0 Å². The lowest BCUT2D eigenvalue weighted by molar-refractivity contribution is -0.0291. The molecule has 0 N–H and O–H groups in total. The third-order valence-corrected chi connectivity index (χ3v) is 4.16. The molecule has 0 aliphatic carbocycles. The van der Waals surface area contributed by atoms with E-state index in [0.717, 1.165) is 25.1 Å². The van der Waals surface area contributed by atoms with Crippen LogP contribution >= 0.6 is 0 Å². The lowest BCUT2D eigenvalue weighted by Gasteiger charge is -2.32. The van der Waals surface area contributed by atoms with Crippen molar-refractivity contribution >= 4 is 5.97 Å². The normalized spacial score (nSPS) is 21.2. The second-order valence-electron chi connectivity index (χ2n) is 5.33. The predicted octanol–water partition coefficient (Wildman–Crippen LogP) is 2.91. The summed E-state index contributed by atoms with van der Waals surface area (Å²) in [5, 5.41) is 0. The van der Waals surface area contributed by atoms with Crippen molar-refractivity contribution in [3.8, 4) is 0 Å². The van der Waals surface area contributed by atoms with Crippen molar-refractivity contribution in [2.24, 2.45) is 0 Å². The molecule has 0 radical (unpaired) electrons. The molecule has 0 bridgehead atoms. The van der Waals surface area contributed by atoms with Crippen molar-refractivity contribution in [3.05, 3.63) is 70.8 Å². The van der Waals surface area contributed by atoms with E-state index in [9.17, 15) is 4.79 Å². The Morgan fingerprint density at radius 1 is 1.00 bits per heavy atom.